The van der Waals surface area contributed by atoms with Crippen LogP contribution < -0.4 is 10.2 Å². The quantitative estimate of drug-likeness (QED) is 0.847. The molecule has 0 amide bonds. The van der Waals surface area contributed by atoms with Crippen molar-refractivity contribution in [3.63, 3.8) is 0 Å². The molecule has 2 aromatic carbocycles. The largest absolute Gasteiger partial charge is 0.377 e. The van der Waals surface area contributed by atoms with Crippen molar-refractivity contribution < 1.29 is 0 Å². The van der Waals surface area contributed by atoms with Gasteiger partial charge in [-0.25, -0.2) is 0 Å². The molecule has 0 aliphatic rings. The summed E-state index contributed by atoms with van der Waals surface area (Å²) in [6, 6.07) is 15.2. The lowest BCUT2D eigenvalue weighted by Gasteiger charge is -2.22. The second-order valence-corrected chi connectivity index (χ2v) is 6.25. The average Bonchev–Trinajstić information content (AvgIpc) is 2.38. The standard InChI is InChI=1S/C17H21BrN2/c1-12-6-5-7-14(10-12)13(2)19-16-11-15(18)8-9-17(16)20(3)4/h5-11,13,19H,1-4H3. The molecule has 0 bridgehead atoms. The average molecular weight is 333 g/mol. The molecule has 0 fully saturated rings. The first kappa shape index (κ1) is 14.9. The van der Waals surface area contributed by atoms with E-state index in [0.29, 0.717) is 0 Å². The van der Waals surface area contributed by atoms with E-state index in [9.17, 15) is 0 Å². The Bertz CT molecular complexity index is 593. The van der Waals surface area contributed by atoms with Crippen molar-refractivity contribution >= 4 is 27.3 Å². The summed E-state index contributed by atoms with van der Waals surface area (Å²) in [4.78, 5) is 2.12. The van der Waals surface area contributed by atoms with Gasteiger partial charge in [0.15, 0.2) is 0 Å². The second kappa shape index (κ2) is 6.31. The van der Waals surface area contributed by atoms with Crippen LogP contribution in [-0.2, 0) is 0 Å². The number of anilines is 2. The molecule has 1 N–H and O–H groups in total. The van der Waals surface area contributed by atoms with E-state index in [4.69, 9.17) is 0 Å². The van der Waals surface area contributed by atoms with Gasteiger partial charge >= 0.3 is 0 Å². The number of aryl methyl sites for hydroxylation is 1. The molecule has 0 saturated carbocycles. The topological polar surface area (TPSA) is 15.3 Å². The molecular weight excluding hydrogens is 312 g/mol. The third-order valence-electron chi connectivity index (χ3n) is 3.35. The van der Waals surface area contributed by atoms with Crippen LogP contribution in [0.5, 0.6) is 0 Å². The van der Waals surface area contributed by atoms with Crippen LogP contribution in [0.2, 0.25) is 0 Å². The Morgan fingerprint density at radius 2 is 1.85 bits per heavy atom. The highest BCUT2D eigenvalue weighted by molar-refractivity contribution is 9.10. The van der Waals surface area contributed by atoms with Gasteiger partial charge in [-0.2, -0.15) is 0 Å². The Morgan fingerprint density at radius 1 is 1.10 bits per heavy atom. The van der Waals surface area contributed by atoms with Gasteiger partial charge in [0, 0.05) is 24.6 Å². The molecule has 0 aliphatic carbocycles. The molecule has 0 aliphatic heterocycles. The van der Waals surface area contributed by atoms with Crippen LogP contribution in [0.15, 0.2) is 46.9 Å². The molecular formula is C17H21BrN2. The van der Waals surface area contributed by atoms with Crippen molar-refractivity contribution in [1.29, 1.82) is 0 Å². The lowest BCUT2D eigenvalue weighted by Crippen LogP contribution is -2.14. The second-order valence-electron chi connectivity index (χ2n) is 5.34. The van der Waals surface area contributed by atoms with Gasteiger partial charge in [0.05, 0.1) is 11.4 Å². The molecule has 0 saturated heterocycles. The summed E-state index contributed by atoms with van der Waals surface area (Å²) in [5.41, 5.74) is 4.92. The maximum absolute atomic E-state index is 3.60. The Balaban J connectivity index is 2.27. The smallest absolute Gasteiger partial charge is 0.0597 e. The molecule has 2 nitrogen and oxygen atoms in total. The fraction of sp³-hybridized carbons (Fsp3) is 0.294. The van der Waals surface area contributed by atoms with Crippen LogP contribution in [0, 0.1) is 6.92 Å². The predicted octanol–water partition coefficient (Wildman–Crippen LogP) is 5.00. The summed E-state index contributed by atoms with van der Waals surface area (Å²) in [5, 5.41) is 3.60. The van der Waals surface area contributed by atoms with E-state index in [1.807, 2.05) is 0 Å². The van der Waals surface area contributed by atoms with Crippen LogP contribution in [0.1, 0.15) is 24.1 Å². The zero-order valence-corrected chi connectivity index (χ0v) is 14.0. The number of hydrogen-bond donors (Lipinski definition) is 1. The number of nitrogens with one attached hydrogen (secondary N) is 1. The maximum Gasteiger partial charge on any atom is 0.0597 e. The summed E-state index contributed by atoms with van der Waals surface area (Å²) < 4.78 is 1.09. The van der Waals surface area contributed by atoms with E-state index in [-0.39, 0.29) is 6.04 Å². The molecule has 2 aromatic rings. The van der Waals surface area contributed by atoms with Crippen molar-refractivity contribution in [1.82, 2.24) is 0 Å². The van der Waals surface area contributed by atoms with Crippen LogP contribution in [0.4, 0.5) is 11.4 Å². The van der Waals surface area contributed by atoms with Crippen molar-refractivity contribution in [2.24, 2.45) is 0 Å². The fourth-order valence-corrected chi connectivity index (χ4v) is 2.63. The van der Waals surface area contributed by atoms with E-state index < -0.39 is 0 Å². The van der Waals surface area contributed by atoms with Gasteiger partial charge in [-0.1, -0.05) is 45.8 Å². The molecule has 20 heavy (non-hydrogen) atoms. The summed E-state index contributed by atoms with van der Waals surface area (Å²) in [7, 11) is 4.12. The first-order chi connectivity index (χ1) is 9.47. The molecule has 3 heteroatoms. The normalized spacial score (nSPS) is 12.1. The van der Waals surface area contributed by atoms with E-state index in [2.05, 4.69) is 96.6 Å². The summed E-state index contributed by atoms with van der Waals surface area (Å²) in [6.45, 7) is 4.32. The summed E-state index contributed by atoms with van der Waals surface area (Å²) >= 11 is 3.54. The van der Waals surface area contributed by atoms with Gasteiger partial charge < -0.3 is 10.2 Å². The molecule has 2 rings (SSSR count). The highest BCUT2D eigenvalue weighted by Gasteiger charge is 2.10. The van der Waals surface area contributed by atoms with Gasteiger partial charge in [0.25, 0.3) is 0 Å². The minimum absolute atomic E-state index is 0.267. The van der Waals surface area contributed by atoms with E-state index in [1.54, 1.807) is 0 Å². The third-order valence-corrected chi connectivity index (χ3v) is 3.85. The predicted molar refractivity (Wildman–Crippen MR) is 91.7 cm³/mol. The van der Waals surface area contributed by atoms with Gasteiger partial charge in [-0.3, -0.25) is 0 Å². The number of halogens is 1. The highest BCUT2D eigenvalue weighted by atomic mass is 79.9. The van der Waals surface area contributed by atoms with Gasteiger partial charge in [0.1, 0.15) is 0 Å². The molecule has 0 radical (unpaired) electrons. The van der Waals surface area contributed by atoms with Crippen LogP contribution in [-0.4, -0.2) is 14.1 Å². The maximum atomic E-state index is 3.60. The Morgan fingerprint density at radius 3 is 2.50 bits per heavy atom. The van der Waals surface area contributed by atoms with Crippen molar-refractivity contribution in [2.75, 3.05) is 24.3 Å². The Kier molecular flexibility index (Phi) is 4.71. The van der Waals surface area contributed by atoms with Crippen LogP contribution >= 0.6 is 15.9 Å². The van der Waals surface area contributed by atoms with Crippen molar-refractivity contribution in [2.45, 2.75) is 19.9 Å². The lowest BCUT2D eigenvalue weighted by atomic mass is 10.1. The van der Waals surface area contributed by atoms with Crippen LogP contribution in [0.3, 0.4) is 0 Å². The summed E-state index contributed by atoms with van der Waals surface area (Å²) in [5.74, 6) is 0. The number of nitrogens with zero attached hydrogens (tertiary/aromatic N) is 1. The number of benzene rings is 2. The van der Waals surface area contributed by atoms with E-state index in [0.717, 1.165) is 10.2 Å². The number of hydrogen-bond acceptors (Lipinski definition) is 2. The minimum Gasteiger partial charge on any atom is -0.377 e. The lowest BCUT2D eigenvalue weighted by molar-refractivity contribution is 0.881. The fourth-order valence-electron chi connectivity index (χ4n) is 2.27. The zero-order valence-electron chi connectivity index (χ0n) is 12.4. The van der Waals surface area contributed by atoms with Crippen molar-refractivity contribution in [3.05, 3.63) is 58.1 Å². The van der Waals surface area contributed by atoms with Crippen LogP contribution in [0.25, 0.3) is 0 Å². The molecule has 1 unspecified atom stereocenters. The molecule has 1 atom stereocenters. The minimum atomic E-state index is 0.267. The first-order valence-electron chi connectivity index (χ1n) is 6.77. The van der Waals surface area contributed by atoms with Gasteiger partial charge in [0.2, 0.25) is 0 Å². The molecule has 106 valence electrons. The third kappa shape index (κ3) is 3.54. The molecule has 0 heterocycles. The van der Waals surface area contributed by atoms with Gasteiger partial charge in [-0.05, 0) is 37.6 Å². The van der Waals surface area contributed by atoms with Crippen molar-refractivity contribution in [3.8, 4) is 0 Å². The van der Waals surface area contributed by atoms with Gasteiger partial charge in [-0.15, -0.1) is 0 Å². The van der Waals surface area contributed by atoms with E-state index >= 15 is 0 Å². The molecule has 0 spiro atoms. The summed E-state index contributed by atoms with van der Waals surface area (Å²) in [6.07, 6.45) is 0. The highest BCUT2D eigenvalue weighted by Crippen LogP contribution is 2.31. The monoisotopic (exact) mass is 332 g/mol. The zero-order chi connectivity index (χ0) is 14.7. The number of rotatable bonds is 4. The van der Waals surface area contributed by atoms with E-state index in [1.165, 1.54) is 16.8 Å². The first-order valence-corrected chi connectivity index (χ1v) is 7.56. The Labute approximate surface area is 129 Å². The Hall–Kier alpha value is -1.48. The SMILES string of the molecule is Cc1cccc(C(C)Nc2cc(Br)ccc2N(C)C)c1. The molecule has 0 aromatic heterocycles.